The molecule has 1 saturated carbocycles. The standard InChI is InChI=1S/C22H15F4N5O/c23-16-5-6-17-19(13-7-18(13)32-17)15(16)9-28-21-27-8-14(20-30-29-10-31(20)21)11-1-3-12(4-2-11)22(24,25)26/h1-6,8,10,13,18H,7,9H2,(H,27,28). The van der Waals surface area contributed by atoms with Crippen LogP contribution in [-0.4, -0.2) is 25.7 Å². The molecule has 1 aliphatic heterocycles. The summed E-state index contributed by atoms with van der Waals surface area (Å²) in [6, 6.07) is 7.83. The number of nitrogens with one attached hydrogen (secondary N) is 1. The highest BCUT2D eigenvalue weighted by Gasteiger charge is 2.49. The van der Waals surface area contributed by atoms with E-state index in [1.807, 2.05) is 0 Å². The van der Waals surface area contributed by atoms with Crippen LogP contribution in [0.3, 0.4) is 0 Å². The lowest BCUT2D eigenvalue weighted by Gasteiger charge is -2.14. The van der Waals surface area contributed by atoms with Crippen molar-refractivity contribution in [3.05, 3.63) is 71.4 Å². The Morgan fingerprint density at radius 2 is 1.94 bits per heavy atom. The summed E-state index contributed by atoms with van der Waals surface area (Å²) in [6.07, 6.45) is -0.395. The quantitative estimate of drug-likeness (QED) is 0.461. The zero-order valence-electron chi connectivity index (χ0n) is 16.4. The third-order valence-corrected chi connectivity index (χ3v) is 5.92. The third kappa shape index (κ3) is 2.97. The molecule has 0 spiro atoms. The predicted molar refractivity (Wildman–Crippen MR) is 107 cm³/mol. The Kier molecular flexibility index (Phi) is 3.96. The molecule has 2 aliphatic rings. The van der Waals surface area contributed by atoms with Crippen molar-refractivity contribution in [3.8, 4) is 16.9 Å². The molecule has 6 nitrogen and oxygen atoms in total. The topological polar surface area (TPSA) is 64.3 Å². The number of aromatic nitrogens is 4. The molecule has 10 heteroatoms. The van der Waals surface area contributed by atoms with Gasteiger partial charge in [-0.3, -0.25) is 4.40 Å². The monoisotopic (exact) mass is 441 g/mol. The second-order valence-corrected chi connectivity index (χ2v) is 7.88. The fourth-order valence-electron chi connectivity index (χ4n) is 4.23. The van der Waals surface area contributed by atoms with Crippen LogP contribution >= 0.6 is 0 Å². The van der Waals surface area contributed by atoms with E-state index < -0.39 is 11.7 Å². The Morgan fingerprint density at radius 3 is 2.72 bits per heavy atom. The smallest absolute Gasteiger partial charge is 0.416 e. The summed E-state index contributed by atoms with van der Waals surface area (Å²) in [5, 5.41) is 11.1. The van der Waals surface area contributed by atoms with Crippen LogP contribution in [0.25, 0.3) is 16.8 Å². The number of anilines is 1. The molecule has 0 amide bonds. The SMILES string of the molecule is Fc1ccc2c(c1CNc1ncc(-c3ccc(C(F)(F)F)cc3)c3nncn13)C1CC1O2. The summed E-state index contributed by atoms with van der Waals surface area (Å²) in [4.78, 5) is 4.39. The van der Waals surface area contributed by atoms with Gasteiger partial charge in [0.2, 0.25) is 5.95 Å². The normalized spacial score (nSPS) is 18.9. The van der Waals surface area contributed by atoms with Gasteiger partial charge in [0.25, 0.3) is 0 Å². The number of alkyl halides is 3. The Labute approximate surface area is 178 Å². The minimum Gasteiger partial charge on any atom is -0.489 e. The van der Waals surface area contributed by atoms with Gasteiger partial charge in [-0.05, 0) is 36.2 Å². The van der Waals surface area contributed by atoms with Gasteiger partial charge >= 0.3 is 6.18 Å². The molecule has 3 heterocycles. The highest BCUT2D eigenvalue weighted by molar-refractivity contribution is 5.77. The number of hydrogen-bond acceptors (Lipinski definition) is 5. The second-order valence-electron chi connectivity index (χ2n) is 7.88. The van der Waals surface area contributed by atoms with E-state index in [1.54, 1.807) is 10.5 Å². The van der Waals surface area contributed by atoms with Crippen molar-refractivity contribution in [1.29, 1.82) is 0 Å². The van der Waals surface area contributed by atoms with Crippen molar-refractivity contribution < 1.29 is 22.3 Å². The molecule has 2 aromatic heterocycles. The van der Waals surface area contributed by atoms with Gasteiger partial charge < -0.3 is 10.1 Å². The van der Waals surface area contributed by atoms with Gasteiger partial charge in [-0.1, -0.05) is 12.1 Å². The summed E-state index contributed by atoms with van der Waals surface area (Å²) in [6.45, 7) is 0.196. The largest absolute Gasteiger partial charge is 0.489 e. The van der Waals surface area contributed by atoms with Crippen LogP contribution in [-0.2, 0) is 12.7 Å². The average Bonchev–Trinajstić information content (AvgIpc) is 3.18. The molecule has 1 aliphatic carbocycles. The van der Waals surface area contributed by atoms with E-state index >= 15 is 0 Å². The minimum absolute atomic E-state index is 0.149. The third-order valence-electron chi connectivity index (χ3n) is 5.92. The molecule has 0 saturated heterocycles. The predicted octanol–water partition coefficient (Wildman–Crippen LogP) is 4.81. The number of hydrogen-bond donors (Lipinski definition) is 1. The Morgan fingerprint density at radius 1 is 1.12 bits per heavy atom. The first kappa shape index (κ1) is 19.0. The number of fused-ring (bicyclic) bond motifs is 4. The van der Waals surface area contributed by atoms with E-state index in [1.165, 1.54) is 30.7 Å². The molecule has 162 valence electrons. The van der Waals surface area contributed by atoms with Crippen LogP contribution in [0.15, 0.2) is 48.9 Å². The van der Waals surface area contributed by atoms with Gasteiger partial charge in [-0.25, -0.2) is 9.37 Å². The molecule has 0 radical (unpaired) electrons. The van der Waals surface area contributed by atoms with Crippen molar-refractivity contribution >= 4 is 11.6 Å². The van der Waals surface area contributed by atoms with Crippen LogP contribution in [0.1, 0.15) is 29.0 Å². The molecule has 4 aromatic rings. The van der Waals surface area contributed by atoms with E-state index in [2.05, 4.69) is 20.5 Å². The lowest BCUT2D eigenvalue weighted by Crippen LogP contribution is -2.10. The van der Waals surface area contributed by atoms with Crippen molar-refractivity contribution in [3.63, 3.8) is 0 Å². The highest BCUT2D eigenvalue weighted by atomic mass is 19.4. The van der Waals surface area contributed by atoms with Gasteiger partial charge in [0.1, 0.15) is 24.0 Å². The van der Waals surface area contributed by atoms with E-state index in [0.717, 1.165) is 29.9 Å². The van der Waals surface area contributed by atoms with Crippen LogP contribution in [0.4, 0.5) is 23.5 Å². The minimum atomic E-state index is -4.41. The van der Waals surface area contributed by atoms with Crippen LogP contribution in [0.5, 0.6) is 5.75 Å². The second kappa shape index (κ2) is 6.65. The van der Waals surface area contributed by atoms with Gasteiger partial charge in [0.15, 0.2) is 5.65 Å². The summed E-state index contributed by atoms with van der Waals surface area (Å²) in [5.41, 5.74) is 2.20. The summed E-state index contributed by atoms with van der Waals surface area (Å²) in [5.74, 6) is 1.05. The molecule has 32 heavy (non-hydrogen) atoms. The first-order valence-electron chi connectivity index (χ1n) is 9.98. The van der Waals surface area contributed by atoms with Crippen LogP contribution in [0.2, 0.25) is 0 Å². The highest BCUT2D eigenvalue weighted by Crippen LogP contribution is 2.55. The van der Waals surface area contributed by atoms with Crippen molar-refractivity contribution in [1.82, 2.24) is 19.6 Å². The molecular formula is C22H15F4N5O. The number of nitrogens with zero attached hydrogens (tertiary/aromatic N) is 4. The molecule has 1 N–H and O–H groups in total. The summed E-state index contributed by atoms with van der Waals surface area (Å²) >= 11 is 0. The van der Waals surface area contributed by atoms with Crippen molar-refractivity contribution in [2.24, 2.45) is 0 Å². The maximum Gasteiger partial charge on any atom is 0.416 e. The van der Waals surface area contributed by atoms with Crippen LogP contribution in [0, 0.1) is 5.82 Å². The molecule has 1 fully saturated rings. The Bertz CT molecular complexity index is 1350. The van der Waals surface area contributed by atoms with Crippen molar-refractivity contribution in [2.45, 2.75) is 31.2 Å². The Balaban J connectivity index is 1.31. The molecule has 6 rings (SSSR count). The van der Waals surface area contributed by atoms with Gasteiger partial charge in [0, 0.05) is 35.3 Å². The first-order valence-corrected chi connectivity index (χ1v) is 9.98. The van der Waals surface area contributed by atoms with E-state index in [0.29, 0.717) is 28.3 Å². The first-order chi connectivity index (χ1) is 15.4. The zero-order chi connectivity index (χ0) is 22.0. The molecular weight excluding hydrogens is 426 g/mol. The maximum atomic E-state index is 14.6. The van der Waals surface area contributed by atoms with E-state index in [4.69, 9.17) is 4.74 Å². The fraction of sp³-hybridized carbons (Fsp3) is 0.227. The summed E-state index contributed by atoms with van der Waals surface area (Å²) in [7, 11) is 0. The average molecular weight is 441 g/mol. The zero-order valence-corrected chi connectivity index (χ0v) is 16.4. The maximum absolute atomic E-state index is 14.6. The Hall–Kier alpha value is -3.69. The van der Waals surface area contributed by atoms with Crippen molar-refractivity contribution in [2.75, 3.05) is 5.32 Å². The fourth-order valence-corrected chi connectivity index (χ4v) is 4.23. The molecule has 2 unspecified atom stereocenters. The molecule has 0 bridgehead atoms. The van der Waals surface area contributed by atoms with Gasteiger partial charge in [-0.15, -0.1) is 10.2 Å². The molecule has 2 atom stereocenters. The van der Waals surface area contributed by atoms with E-state index in [-0.39, 0.29) is 24.4 Å². The number of ether oxygens (including phenoxy) is 1. The number of halogens is 4. The summed E-state index contributed by atoms with van der Waals surface area (Å²) < 4.78 is 60.5. The van der Waals surface area contributed by atoms with Gasteiger partial charge in [-0.2, -0.15) is 13.2 Å². The van der Waals surface area contributed by atoms with E-state index in [9.17, 15) is 17.6 Å². The lowest BCUT2D eigenvalue weighted by atomic mass is 10.0. The number of benzene rings is 2. The van der Waals surface area contributed by atoms with Crippen LogP contribution < -0.4 is 10.1 Å². The molecule has 2 aromatic carbocycles. The van der Waals surface area contributed by atoms with Gasteiger partial charge in [0.05, 0.1) is 5.56 Å². The lowest BCUT2D eigenvalue weighted by molar-refractivity contribution is -0.137. The number of rotatable bonds is 4.